The van der Waals surface area contributed by atoms with Crippen molar-refractivity contribution in [2.24, 2.45) is 0 Å². The van der Waals surface area contributed by atoms with Gasteiger partial charge in [-0.1, -0.05) is 91.5 Å². The summed E-state index contributed by atoms with van der Waals surface area (Å²) in [6.45, 7) is 6.93. The molecule has 1 rings (SSSR count). The molecule has 22 heavy (non-hydrogen) atoms. The van der Waals surface area contributed by atoms with Crippen molar-refractivity contribution < 1.29 is 0 Å². The number of rotatable bonds is 13. The normalized spacial score (nSPS) is 12.5. The van der Waals surface area contributed by atoms with Crippen LogP contribution in [0.15, 0.2) is 24.3 Å². The number of hydrogen-bond acceptors (Lipinski definition) is 0. The molecule has 0 nitrogen and oxygen atoms in total. The molecule has 0 fully saturated rings. The molecule has 0 saturated carbocycles. The molecule has 1 unspecified atom stereocenters. The van der Waals surface area contributed by atoms with Gasteiger partial charge < -0.3 is 0 Å². The van der Waals surface area contributed by atoms with Crippen LogP contribution in [0.1, 0.15) is 84.1 Å². The molecule has 0 saturated heterocycles. The molecule has 0 N–H and O–H groups in total. The third-order valence-electron chi connectivity index (χ3n) is 4.45. The molecule has 0 aromatic heterocycles. The molecule has 0 bridgehead atoms. The molecule has 0 aliphatic carbocycles. The smallest absolute Gasteiger partial charge is 0.0208 e. The zero-order valence-electron chi connectivity index (χ0n) is 15.2. The molecule has 0 amide bonds. The molecule has 1 atom stereocenters. The summed E-state index contributed by atoms with van der Waals surface area (Å²) >= 11 is 0. The van der Waals surface area contributed by atoms with E-state index in [4.69, 9.17) is 0 Å². The maximum absolute atomic E-state index is 2.45. The van der Waals surface area contributed by atoms with Gasteiger partial charge in [-0.15, -0.1) is 0 Å². The summed E-state index contributed by atoms with van der Waals surface area (Å²) in [4.78, 5) is 0. The Balaban J connectivity index is 2.70. The van der Waals surface area contributed by atoms with Crippen molar-refractivity contribution in [1.29, 1.82) is 0 Å². The largest absolute Gasteiger partial charge is 0.0750 e. The van der Waals surface area contributed by atoms with Gasteiger partial charge in [0.15, 0.2) is 0 Å². The highest BCUT2D eigenvalue weighted by atomic mass is 31.1. The van der Waals surface area contributed by atoms with Crippen LogP contribution < -0.4 is 5.30 Å². The lowest BCUT2D eigenvalue weighted by atomic mass is 10.1. The summed E-state index contributed by atoms with van der Waals surface area (Å²) in [5.74, 6) is 0. The minimum atomic E-state index is 0.0787. The summed E-state index contributed by atoms with van der Waals surface area (Å²) < 4.78 is 0. The minimum Gasteiger partial charge on any atom is -0.0750 e. The van der Waals surface area contributed by atoms with Crippen molar-refractivity contribution >= 4 is 13.2 Å². The fourth-order valence-corrected chi connectivity index (χ4v) is 5.84. The molecule has 0 heterocycles. The van der Waals surface area contributed by atoms with E-state index in [1.807, 2.05) is 0 Å². The lowest BCUT2D eigenvalue weighted by Gasteiger charge is -2.21. The van der Waals surface area contributed by atoms with Crippen molar-refractivity contribution in [3.05, 3.63) is 29.8 Å². The van der Waals surface area contributed by atoms with Gasteiger partial charge in [-0.3, -0.25) is 0 Å². The second kappa shape index (κ2) is 13.1. The van der Waals surface area contributed by atoms with Crippen molar-refractivity contribution in [2.75, 3.05) is 12.3 Å². The maximum atomic E-state index is 2.45. The Morgan fingerprint density at radius 2 is 1.27 bits per heavy atom. The molecule has 1 aromatic carbocycles. The van der Waals surface area contributed by atoms with Gasteiger partial charge >= 0.3 is 0 Å². The summed E-state index contributed by atoms with van der Waals surface area (Å²) in [6, 6.07) is 9.35. The van der Waals surface area contributed by atoms with E-state index in [1.165, 1.54) is 76.5 Å². The average molecular weight is 321 g/mol. The van der Waals surface area contributed by atoms with Crippen molar-refractivity contribution in [1.82, 2.24) is 0 Å². The molecular formula is C21H37P. The van der Waals surface area contributed by atoms with Gasteiger partial charge in [0.25, 0.3) is 0 Å². The summed E-state index contributed by atoms with van der Waals surface area (Å²) in [6.07, 6.45) is 16.7. The van der Waals surface area contributed by atoms with E-state index in [0.29, 0.717) is 0 Å². The number of unbranched alkanes of at least 4 members (excludes halogenated alkanes) is 6. The van der Waals surface area contributed by atoms with E-state index in [2.05, 4.69) is 45.0 Å². The fraction of sp³-hybridized carbons (Fsp3) is 0.714. The summed E-state index contributed by atoms with van der Waals surface area (Å²) in [5.41, 5.74) is 1.66. The molecule has 1 heteroatoms. The Labute approximate surface area is 140 Å². The van der Waals surface area contributed by atoms with Crippen LogP contribution in [-0.2, 0) is 6.42 Å². The van der Waals surface area contributed by atoms with Crippen LogP contribution in [0.25, 0.3) is 0 Å². The number of aryl methyl sites for hydroxylation is 1. The molecule has 0 aliphatic heterocycles. The van der Waals surface area contributed by atoms with Crippen LogP contribution >= 0.6 is 7.92 Å². The van der Waals surface area contributed by atoms with Crippen LogP contribution in [0.5, 0.6) is 0 Å². The molecule has 0 spiro atoms. The molecule has 126 valence electrons. The van der Waals surface area contributed by atoms with Crippen molar-refractivity contribution in [3.63, 3.8) is 0 Å². The van der Waals surface area contributed by atoms with Crippen molar-refractivity contribution in [2.45, 2.75) is 85.0 Å². The highest BCUT2D eigenvalue weighted by molar-refractivity contribution is 7.65. The number of hydrogen-bond donors (Lipinski definition) is 0. The zero-order chi connectivity index (χ0) is 16.0. The third kappa shape index (κ3) is 7.77. The second-order valence-electron chi connectivity index (χ2n) is 6.49. The van der Waals surface area contributed by atoms with Gasteiger partial charge in [0.2, 0.25) is 0 Å². The van der Waals surface area contributed by atoms with Crippen LogP contribution in [0.3, 0.4) is 0 Å². The lowest BCUT2D eigenvalue weighted by molar-refractivity contribution is 0.704. The first-order chi connectivity index (χ1) is 10.8. The highest BCUT2D eigenvalue weighted by Crippen LogP contribution is 2.38. The summed E-state index contributed by atoms with van der Waals surface area (Å²) in [7, 11) is 0.0787. The van der Waals surface area contributed by atoms with E-state index in [9.17, 15) is 0 Å². The van der Waals surface area contributed by atoms with Crippen LogP contribution in [0, 0.1) is 0 Å². The van der Waals surface area contributed by atoms with Crippen LogP contribution in [0.4, 0.5) is 0 Å². The Bertz CT molecular complexity index is 372. The molecule has 0 aliphatic rings. The average Bonchev–Trinajstić information content (AvgIpc) is 2.55. The molecule has 1 aromatic rings. The first-order valence-electron chi connectivity index (χ1n) is 9.66. The first kappa shape index (κ1) is 19.7. The zero-order valence-corrected chi connectivity index (χ0v) is 16.1. The topological polar surface area (TPSA) is 0 Å². The van der Waals surface area contributed by atoms with Gasteiger partial charge in [0, 0.05) is 0 Å². The van der Waals surface area contributed by atoms with Crippen molar-refractivity contribution in [3.8, 4) is 0 Å². The predicted octanol–water partition coefficient (Wildman–Crippen LogP) is 6.91. The van der Waals surface area contributed by atoms with E-state index in [1.54, 1.807) is 10.9 Å². The van der Waals surface area contributed by atoms with Gasteiger partial charge in [0.05, 0.1) is 0 Å². The Morgan fingerprint density at radius 3 is 1.95 bits per heavy atom. The fourth-order valence-electron chi connectivity index (χ4n) is 3.03. The Hall–Kier alpha value is -0.350. The summed E-state index contributed by atoms with van der Waals surface area (Å²) in [5, 5.41) is 1.73. The standard InChI is InChI=1S/C21H37P/c1-4-7-10-14-19-22(18-13-8-5-2)21-17-12-11-16-20(21)15-9-6-3/h11-12,16-17H,4-10,13-15,18-19H2,1-3H3. The third-order valence-corrected chi connectivity index (χ3v) is 7.27. The van der Waals surface area contributed by atoms with Gasteiger partial charge in [-0.2, -0.15) is 0 Å². The predicted molar refractivity (Wildman–Crippen MR) is 105 cm³/mol. The monoisotopic (exact) mass is 320 g/mol. The lowest BCUT2D eigenvalue weighted by Crippen LogP contribution is -2.12. The quantitative estimate of drug-likeness (QED) is 0.274. The molecular weight excluding hydrogens is 283 g/mol. The highest BCUT2D eigenvalue weighted by Gasteiger charge is 2.14. The Kier molecular flexibility index (Phi) is 11.7. The van der Waals surface area contributed by atoms with Crippen LogP contribution in [0.2, 0.25) is 0 Å². The van der Waals surface area contributed by atoms with E-state index in [0.717, 1.165) is 0 Å². The first-order valence-corrected chi connectivity index (χ1v) is 11.4. The van der Waals surface area contributed by atoms with Gasteiger partial charge in [-0.25, -0.2) is 0 Å². The van der Waals surface area contributed by atoms with E-state index < -0.39 is 0 Å². The van der Waals surface area contributed by atoms with E-state index >= 15 is 0 Å². The van der Waals surface area contributed by atoms with E-state index in [-0.39, 0.29) is 7.92 Å². The van der Waals surface area contributed by atoms with Gasteiger partial charge in [0.1, 0.15) is 0 Å². The molecule has 0 radical (unpaired) electrons. The van der Waals surface area contributed by atoms with Crippen LogP contribution in [-0.4, -0.2) is 12.3 Å². The SMILES string of the molecule is CCCCCCP(CCCCC)c1ccccc1CCCC. The maximum Gasteiger partial charge on any atom is -0.0208 e. The second-order valence-corrected chi connectivity index (χ2v) is 8.94. The number of benzene rings is 1. The Morgan fingerprint density at radius 1 is 0.682 bits per heavy atom. The minimum absolute atomic E-state index is 0.0787. The van der Waals surface area contributed by atoms with Gasteiger partial charge in [-0.05, 0) is 48.9 Å².